The first-order chi connectivity index (χ1) is 10.5. The fourth-order valence-corrected chi connectivity index (χ4v) is 2.36. The van der Waals surface area contributed by atoms with Crippen LogP contribution in [0.3, 0.4) is 0 Å². The molecule has 1 aliphatic rings. The average Bonchev–Trinajstić information content (AvgIpc) is 2.66. The van der Waals surface area contributed by atoms with Gasteiger partial charge in [-0.15, -0.1) is 0 Å². The van der Waals surface area contributed by atoms with E-state index >= 15 is 0 Å². The number of methoxy groups -OCH3 is 1. The van der Waals surface area contributed by atoms with Crippen LogP contribution in [0.25, 0.3) is 0 Å². The smallest absolute Gasteiger partial charge is 0.465 e. The lowest BCUT2D eigenvalue weighted by Gasteiger charge is -2.32. The minimum Gasteiger partial charge on any atom is -0.465 e. The highest BCUT2D eigenvalue weighted by Crippen LogP contribution is 2.37. The number of benzene rings is 1. The molecule has 0 saturated carbocycles. The molecule has 1 fully saturated rings. The second-order valence-corrected chi connectivity index (χ2v) is 6.54. The third-order valence-corrected chi connectivity index (χ3v) is 4.56. The quantitative estimate of drug-likeness (QED) is 0.366. The van der Waals surface area contributed by atoms with Gasteiger partial charge in [0, 0.05) is 12.1 Å². The second-order valence-electron chi connectivity index (χ2n) is 6.54. The molecule has 7 nitrogen and oxygen atoms in total. The zero-order valence-electron chi connectivity index (χ0n) is 14.1. The van der Waals surface area contributed by atoms with Crippen molar-refractivity contribution < 1.29 is 23.8 Å². The average molecular weight is 321 g/mol. The first-order valence-corrected chi connectivity index (χ1v) is 7.23. The van der Waals surface area contributed by atoms with Crippen molar-refractivity contribution >= 4 is 24.2 Å². The summed E-state index contributed by atoms with van der Waals surface area (Å²) in [4.78, 5) is 22.5. The lowest BCUT2D eigenvalue weighted by Crippen LogP contribution is -2.41. The predicted molar refractivity (Wildman–Crippen MR) is 84.9 cm³/mol. The molecule has 124 valence electrons. The van der Waals surface area contributed by atoms with Crippen molar-refractivity contribution in [3.05, 3.63) is 33.4 Å². The zero-order chi connectivity index (χ0) is 17.6. The number of nitro groups is 1. The Morgan fingerprint density at radius 3 is 2.17 bits per heavy atom. The van der Waals surface area contributed by atoms with Crippen molar-refractivity contribution in [1.29, 1.82) is 0 Å². The largest absolute Gasteiger partial charge is 0.495 e. The van der Waals surface area contributed by atoms with E-state index in [-0.39, 0.29) is 11.3 Å². The number of carbonyl (C=O) groups excluding carboxylic acids is 1. The van der Waals surface area contributed by atoms with Gasteiger partial charge in [-0.2, -0.15) is 0 Å². The van der Waals surface area contributed by atoms with Crippen LogP contribution in [0, 0.1) is 17.0 Å². The highest BCUT2D eigenvalue weighted by Gasteiger charge is 2.52. The van der Waals surface area contributed by atoms with Crippen molar-refractivity contribution in [1.82, 2.24) is 0 Å². The Balaban J connectivity index is 2.57. The van der Waals surface area contributed by atoms with Crippen LogP contribution in [-0.2, 0) is 14.0 Å². The predicted octanol–water partition coefficient (Wildman–Crippen LogP) is 1.99. The monoisotopic (exact) mass is 321 g/mol. The maximum atomic E-state index is 11.9. The summed E-state index contributed by atoms with van der Waals surface area (Å²) in [5.74, 6) is -0.635. The molecule has 8 heteroatoms. The zero-order valence-corrected chi connectivity index (χ0v) is 14.1. The van der Waals surface area contributed by atoms with Crippen LogP contribution in [0.5, 0.6) is 0 Å². The van der Waals surface area contributed by atoms with Crippen LogP contribution in [0.1, 0.15) is 43.6 Å². The van der Waals surface area contributed by atoms with E-state index in [1.165, 1.54) is 19.2 Å². The van der Waals surface area contributed by atoms with E-state index < -0.39 is 29.2 Å². The summed E-state index contributed by atoms with van der Waals surface area (Å²) < 4.78 is 16.6. The number of rotatable bonds is 3. The number of hydrogen-bond acceptors (Lipinski definition) is 6. The Morgan fingerprint density at radius 2 is 1.74 bits per heavy atom. The SMILES string of the molecule is COC(=O)c1cc([N+](=O)[O-])cc(B2OC(C)(C)C(C)(C)O2)c1C. The van der Waals surface area contributed by atoms with Crippen LogP contribution in [0.2, 0.25) is 0 Å². The van der Waals surface area contributed by atoms with Gasteiger partial charge < -0.3 is 14.0 Å². The lowest BCUT2D eigenvalue weighted by atomic mass is 9.74. The van der Waals surface area contributed by atoms with Crippen LogP contribution >= 0.6 is 0 Å². The van der Waals surface area contributed by atoms with Gasteiger partial charge >= 0.3 is 13.1 Å². The lowest BCUT2D eigenvalue weighted by molar-refractivity contribution is -0.384. The van der Waals surface area contributed by atoms with Gasteiger partial charge in [0.1, 0.15) is 0 Å². The fraction of sp³-hybridized carbons (Fsp3) is 0.533. The molecule has 23 heavy (non-hydrogen) atoms. The van der Waals surface area contributed by atoms with Gasteiger partial charge in [-0.3, -0.25) is 10.1 Å². The Hall–Kier alpha value is -1.93. The first kappa shape index (κ1) is 17.4. The molecule has 0 aliphatic carbocycles. The number of hydrogen-bond donors (Lipinski definition) is 0. The number of ether oxygens (including phenoxy) is 1. The number of nitro benzene ring substituents is 1. The van der Waals surface area contributed by atoms with Crippen molar-refractivity contribution in [2.45, 2.75) is 45.8 Å². The molecule has 0 aromatic heterocycles. The standard InChI is InChI=1S/C15H20BNO6/c1-9-11(13(18)21-6)7-10(17(19)20)8-12(9)16-22-14(2,3)15(4,5)23-16/h7-8H,1-6H3. The molecule has 1 saturated heterocycles. The Kier molecular flexibility index (Phi) is 4.25. The van der Waals surface area contributed by atoms with Gasteiger partial charge in [-0.25, -0.2) is 4.79 Å². The molecule has 0 bridgehead atoms. The number of non-ortho nitro benzene ring substituents is 1. The van der Waals surface area contributed by atoms with Gasteiger partial charge in [-0.05, 0) is 45.6 Å². The minimum absolute atomic E-state index is 0.131. The second kappa shape index (κ2) is 5.61. The summed E-state index contributed by atoms with van der Waals surface area (Å²) in [5.41, 5.74) is -0.244. The van der Waals surface area contributed by atoms with Crippen LogP contribution in [0.4, 0.5) is 5.69 Å². The Bertz CT molecular complexity index is 654. The normalized spacial score (nSPS) is 18.8. The summed E-state index contributed by atoms with van der Waals surface area (Å²) in [6, 6.07) is 2.58. The minimum atomic E-state index is -0.789. The van der Waals surface area contributed by atoms with Crippen molar-refractivity contribution in [3.8, 4) is 0 Å². The molecule has 1 aromatic carbocycles. The number of carbonyl (C=O) groups is 1. The van der Waals surface area contributed by atoms with Gasteiger partial charge in [0.15, 0.2) is 0 Å². The third-order valence-electron chi connectivity index (χ3n) is 4.56. The first-order valence-electron chi connectivity index (χ1n) is 7.23. The summed E-state index contributed by atoms with van der Waals surface area (Å²) in [6.07, 6.45) is 0. The van der Waals surface area contributed by atoms with E-state index in [0.29, 0.717) is 11.0 Å². The van der Waals surface area contributed by atoms with Gasteiger partial charge in [0.25, 0.3) is 5.69 Å². The van der Waals surface area contributed by atoms with E-state index in [0.717, 1.165) is 0 Å². The molecule has 0 radical (unpaired) electrons. The van der Waals surface area contributed by atoms with Crippen molar-refractivity contribution in [2.24, 2.45) is 0 Å². The molecule has 2 rings (SSSR count). The molecule has 0 spiro atoms. The molecule has 0 atom stereocenters. The van der Waals surface area contributed by atoms with E-state index in [1.807, 2.05) is 27.7 Å². The Labute approximate surface area is 135 Å². The van der Waals surface area contributed by atoms with Gasteiger partial charge in [0.2, 0.25) is 0 Å². The van der Waals surface area contributed by atoms with E-state index in [2.05, 4.69) is 0 Å². The van der Waals surface area contributed by atoms with Gasteiger partial charge in [0.05, 0.1) is 28.8 Å². The summed E-state index contributed by atoms with van der Waals surface area (Å²) in [7, 11) is 0.443. The maximum absolute atomic E-state index is 11.9. The van der Waals surface area contributed by atoms with E-state index in [9.17, 15) is 14.9 Å². The van der Waals surface area contributed by atoms with E-state index in [4.69, 9.17) is 14.0 Å². The highest BCUT2D eigenvalue weighted by atomic mass is 16.7. The highest BCUT2D eigenvalue weighted by molar-refractivity contribution is 6.63. The number of esters is 1. The maximum Gasteiger partial charge on any atom is 0.495 e. The molecular formula is C15H20BNO6. The van der Waals surface area contributed by atoms with Crippen molar-refractivity contribution in [2.75, 3.05) is 7.11 Å². The van der Waals surface area contributed by atoms with Crippen LogP contribution in [-0.4, -0.2) is 36.3 Å². The Morgan fingerprint density at radius 1 is 1.22 bits per heavy atom. The van der Waals surface area contributed by atoms with Crippen molar-refractivity contribution in [3.63, 3.8) is 0 Å². The van der Waals surface area contributed by atoms with Crippen LogP contribution < -0.4 is 5.46 Å². The fourth-order valence-electron chi connectivity index (χ4n) is 2.36. The number of nitrogens with zero attached hydrogens (tertiary/aromatic N) is 1. The molecule has 1 heterocycles. The molecule has 0 amide bonds. The summed E-state index contributed by atoms with van der Waals surface area (Å²) >= 11 is 0. The van der Waals surface area contributed by atoms with E-state index in [1.54, 1.807) is 6.92 Å². The van der Waals surface area contributed by atoms with Gasteiger partial charge in [-0.1, -0.05) is 0 Å². The molecular weight excluding hydrogens is 301 g/mol. The molecule has 0 N–H and O–H groups in total. The topological polar surface area (TPSA) is 87.9 Å². The summed E-state index contributed by atoms with van der Waals surface area (Å²) in [5, 5.41) is 11.2. The molecule has 1 aromatic rings. The third kappa shape index (κ3) is 2.96. The molecule has 0 unspecified atom stereocenters. The summed E-state index contributed by atoms with van der Waals surface area (Å²) in [6.45, 7) is 9.25. The van der Waals surface area contributed by atoms with Crippen LogP contribution in [0.15, 0.2) is 12.1 Å². The molecule has 1 aliphatic heterocycles.